The number of aliphatic hydroxyl groups is 1. The van der Waals surface area contributed by atoms with E-state index in [0.29, 0.717) is 18.3 Å². The van der Waals surface area contributed by atoms with Crippen LogP contribution < -0.4 is 5.32 Å². The minimum absolute atomic E-state index is 0.0555. The third-order valence-corrected chi connectivity index (χ3v) is 4.56. The van der Waals surface area contributed by atoms with Crippen LogP contribution in [0, 0.1) is 0 Å². The predicted octanol–water partition coefficient (Wildman–Crippen LogP) is 1.39. The zero-order valence-corrected chi connectivity index (χ0v) is 14.7. The average Bonchev–Trinajstić information content (AvgIpc) is 3.22. The molecule has 132 valence electrons. The third kappa shape index (κ3) is 3.81. The first-order valence-corrected chi connectivity index (χ1v) is 8.64. The monoisotopic (exact) mass is 333 g/mol. The summed E-state index contributed by atoms with van der Waals surface area (Å²) in [7, 11) is 0. The summed E-state index contributed by atoms with van der Waals surface area (Å²) in [4.78, 5) is 0. The average molecular weight is 333 g/mol. The van der Waals surface area contributed by atoms with E-state index in [1.807, 2.05) is 21.8 Å². The smallest absolute Gasteiger partial charge is 0.108 e. The van der Waals surface area contributed by atoms with E-state index < -0.39 is 0 Å². The molecule has 1 aliphatic carbocycles. The minimum Gasteiger partial charge on any atom is -0.390 e. The van der Waals surface area contributed by atoms with Crippen molar-refractivity contribution < 1.29 is 5.11 Å². The molecule has 2 aromatic heterocycles. The quantitative estimate of drug-likeness (QED) is 0.859. The Morgan fingerprint density at radius 3 is 2.54 bits per heavy atom. The molecule has 8 heteroatoms. The highest BCUT2D eigenvalue weighted by atomic mass is 16.3. The van der Waals surface area contributed by atoms with Crippen LogP contribution in [0.15, 0.2) is 12.4 Å². The Bertz CT molecular complexity index is 657. The van der Waals surface area contributed by atoms with Crippen LogP contribution in [0.2, 0.25) is 0 Å². The van der Waals surface area contributed by atoms with Gasteiger partial charge in [0.05, 0.1) is 36.3 Å². The van der Waals surface area contributed by atoms with E-state index in [4.69, 9.17) is 0 Å². The molecule has 0 amide bonds. The summed E-state index contributed by atoms with van der Waals surface area (Å²) < 4.78 is 3.79. The molecule has 0 spiro atoms. The topological polar surface area (TPSA) is 93.7 Å². The Balaban J connectivity index is 1.65. The van der Waals surface area contributed by atoms with Gasteiger partial charge in [0.2, 0.25) is 0 Å². The Hall–Kier alpha value is -1.80. The molecule has 0 radical (unpaired) electrons. The van der Waals surface area contributed by atoms with Gasteiger partial charge in [0.1, 0.15) is 5.69 Å². The lowest BCUT2D eigenvalue weighted by Crippen LogP contribution is -2.39. The zero-order chi connectivity index (χ0) is 17.2. The van der Waals surface area contributed by atoms with Crippen molar-refractivity contribution in [3.63, 3.8) is 0 Å². The van der Waals surface area contributed by atoms with E-state index in [-0.39, 0.29) is 18.2 Å². The Labute approximate surface area is 142 Å². The molecule has 0 bridgehead atoms. The standard InChI is InChI=1S/C16H27N7O/c1-16(2,3)23-10-12(18-21-23)8-17-14-6-4-5-7-15(14)22-9-13(11-24)19-20-22/h9-10,14-15,17,24H,4-8,11H2,1-3H3/t14-,15+/m0/s1. The van der Waals surface area contributed by atoms with Crippen LogP contribution in [-0.4, -0.2) is 41.1 Å². The van der Waals surface area contributed by atoms with Crippen LogP contribution in [-0.2, 0) is 18.7 Å². The van der Waals surface area contributed by atoms with Crippen LogP contribution in [0.25, 0.3) is 0 Å². The lowest BCUT2D eigenvalue weighted by molar-refractivity contribution is 0.242. The number of hydrogen-bond donors (Lipinski definition) is 2. The lowest BCUT2D eigenvalue weighted by atomic mass is 9.90. The van der Waals surface area contributed by atoms with Gasteiger partial charge < -0.3 is 10.4 Å². The van der Waals surface area contributed by atoms with E-state index in [0.717, 1.165) is 18.5 Å². The highest BCUT2D eigenvalue weighted by molar-refractivity contribution is 4.97. The molecule has 8 nitrogen and oxygen atoms in total. The van der Waals surface area contributed by atoms with Crippen molar-refractivity contribution in [2.45, 2.75) is 77.2 Å². The van der Waals surface area contributed by atoms with Crippen molar-refractivity contribution in [1.82, 2.24) is 35.3 Å². The maximum atomic E-state index is 9.19. The molecule has 2 N–H and O–H groups in total. The number of nitrogens with one attached hydrogen (secondary N) is 1. The molecule has 2 aromatic rings. The van der Waals surface area contributed by atoms with Crippen LogP contribution in [0.3, 0.4) is 0 Å². The normalized spacial score (nSPS) is 22.0. The van der Waals surface area contributed by atoms with Crippen LogP contribution in [0.5, 0.6) is 0 Å². The molecule has 1 fully saturated rings. The molecule has 1 aliphatic rings. The fourth-order valence-electron chi connectivity index (χ4n) is 3.16. The Morgan fingerprint density at radius 2 is 1.88 bits per heavy atom. The number of rotatable bonds is 5. The number of nitrogens with zero attached hydrogens (tertiary/aromatic N) is 6. The summed E-state index contributed by atoms with van der Waals surface area (Å²) in [5.74, 6) is 0. The van der Waals surface area contributed by atoms with Crippen LogP contribution in [0.4, 0.5) is 0 Å². The summed E-state index contributed by atoms with van der Waals surface area (Å²) in [6.07, 6.45) is 8.43. The van der Waals surface area contributed by atoms with Crippen molar-refractivity contribution in [1.29, 1.82) is 0 Å². The molecule has 1 saturated carbocycles. The van der Waals surface area contributed by atoms with Crippen LogP contribution in [0.1, 0.15) is 63.9 Å². The number of aromatic nitrogens is 6. The minimum atomic E-state index is -0.0687. The SMILES string of the molecule is CC(C)(C)n1cc(CN[C@H]2CCCC[C@H]2n2cc(CO)nn2)nn1. The fraction of sp³-hybridized carbons (Fsp3) is 0.750. The maximum Gasteiger partial charge on any atom is 0.108 e. The van der Waals surface area contributed by atoms with Gasteiger partial charge in [0.15, 0.2) is 0 Å². The second kappa shape index (κ2) is 6.98. The van der Waals surface area contributed by atoms with E-state index in [2.05, 4.69) is 46.7 Å². The number of hydrogen-bond acceptors (Lipinski definition) is 6. The lowest BCUT2D eigenvalue weighted by Gasteiger charge is -2.32. The molecule has 24 heavy (non-hydrogen) atoms. The predicted molar refractivity (Wildman–Crippen MR) is 89.1 cm³/mol. The van der Waals surface area contributed by atoms with Gasteiger partial charge in [-0.2, -0.15) is 0 Å². The maximum absolute atomic E-state index is 9.19. The van der Waals surface area contributed by atoms with Crippen molar-refractivity contribution in [3.05, 3.63) is 23.8 Å². The zero-order valence-electron chi connectivity index (χ0n) is 14.7. The largest absolute Gasteiger partial charge is 0.390 e. The first-order valence-electron chi connectivity index (χ1n) is 8.64. The molecule has 0 unspecified atom stereocenters. The Morgan fingerprint density at radius 1 is 1.12 bits per heavy atom. The second-order valence-electron chi connectivity index (χ2n) is 7.51. The van der Waals surface area contributed by atoms with Gasteiger partial charge in [-0.25, -0.2) is 9.36 Å². The molecular formula is C16H27N7O. The molecule has 0 aromatic carbocycles. The second-order valence-corrected chi connectivity index (χ2v) is 7.51. The fourth-order valence-corrected chi connectivity index (χ4v) is 3.16. The summed E-state index contributed by atoms with van der Waals surface area (Å²) in [5, 5.41) is 29.5. The van der Waals surface area contributed by atoms with E-state index in [1.54, 1.807) is 0 Å². The van der Waals surface area contributed by atoms with Gasteiger partial charge in [0, 0.05) is 12.6 Å². The molecule has 0 aliphatic heterocycles. The van der Waals surface area contributed by atoms with Gasteiger partial charge in [-0.05, 0) is 33.6 Å². The molecule has 3 rings (SSSR count). The van der Waals surface area contributed by atoms with Crippen molar-refractivity contribution in [3.8, 4) is 0 Å². The van der Waals surface area contributed by atoms with Gasteiger partial charge in [-0.3, -0.25) is 0 Å². The van der Waals surface area contributed by atoms with Gasteiger partial charge in [-0.15, -0.1) is 10.2 Å². The van der Waals surface area contributed by atoms with Crippen molar-refractivity contribution in [2.24, 2.45) is 0 Å². The van der Waals surface area contributed by atoms with Crippen molar-refractivity contribution in [2.75, 3.05) is 0 Å². The molecule has 2 heterocycles. The van der Waals surface area contributed by atoms with E-state index >= 15 is 0 Å². The summed E-state index contributed by atoms with van der Waals surface area (Å²) in [5.41, 5.74) is 1.51. The van der Waals surface area contributed by atoms with Gasteiger partial charge in [0.25, 0.3) is 0 Å². The Kier molecular flexibility index (Phi) is 4.96. The molecule has 2 atom stereocenters. The number of aliphatic hydroxyl groups excluding tert-OH is 1. The van der Waals surface area contributed by atoms with Crippen molar-refractivity contribution >= 4 is 0 Å². The first kappa shape index (κ1) is 17.0. The third-order valence-electron chi connectivity index (χ3n) is 4.56. The molecule has 0 saturated heterocycles. The first-order chi connectivity index (χ1) is 11.5. The van der Waals surface area contributed by atoms with Crippen LogP contribution >= 0.6 is 0 Å². The highest BCUT2D eigenvalue weighted by Gasteiger charge is 2.27. The van der Waals surface area contributed by atoms with E-state index in [9.17, 15) is 5.11 Å². The summed E-state index contributed by atoms with van der Waals surface area (Å²) in [6.45, 7) is 6.96. The van der Waals surface area contributed by atoms with Gasteiger partial charge in [-0.1, -0.05) is 23.3 Å². The summed E-state index contributed by atoms with van der Waals surface area (Å²) in [6, 6.07) is 0.594. The summed E-state index contributed by atoms with van der Waals surface area (Å²) >= 11 is 0. The molecular weight excluding hydrogens is 306 g/mol. The van der Waals surface area contributed by atoms with Gasteiger partial charge >= 0.3 is 0 Å². The van der Waals surface area contributed by atoms with E-state index in [1.165, 1.54) is 12.8 Å². The highest BCUT2D eigenvalue weighted by Crippen LogP contribution is 2.28.